The predicted molar refractivity (Wildman–Crippen MR) is 93.1 cm³/mol. The van der Waals surface area contributed by atoms with Gasteiger partial charge in [-0.2, -0.15) is 10.4 Å². The molecule has 0 bridgehead atoms. The molecule has 118 valence electrons. The fourth-order valence-electron chi connectivity index (χ4n) is 2.63. The normalized spacial score (nSPS) is 19.7. The highest BCUT2D eigenvalue weighted by molar-refractivity contribution is 7.98. The van der Waals surface area contributed by atoms with Crippen molar-refractivity contribution in [3.8, 4) is 6.07 Å². The average molecular weight is 326 g/mol. The molecule has 0 saturated heterocycles. The third-order valence-corrected chi connectivity index (χ3v) is 4.57. The van der Waals surface area contributed by atoms with Crippen molar-refractivity contribution < 1.29 is 4.74 Å². The van der Waals surface area contributed by atoms with Crippen molar-refractivity contribution in [1.82, 2.24) is 0 Å². The van der Waals surface area contributed by atoms with Gasteiger partial charge in [-0.25, -0.2) is 5.01 Å². The van der Waals surface area contributed by atoms with E-state index in [4.69, 9.17) is 10.5 Å². The molecule has 0 fully saturated rings. The Bertz CT molecular complexity index is 786. The lowest BCUT2D eigenvalue weighted by molar-refractivity contribution is 0.0409. The Kier molecular flexibility index (Phi) is 3.92. The summed E-state index contributed by atoms with van der Waals surface area (Å²) < 4.78 is 5.79. The van der Waals surface area contributed by atoms with Crippen molar-refractivity contribution in [2.24, 2.45) is 10.8 Å². The molecule has 2 aliphatic heterocycles. The summed E-state index contributed by atoms with van der Waals surface area (Å²) in [5.41, 5.74) is 8.65. The van der Waals surface area contributed by atoms with Crippen LogP contribution < -0.4 is 10.7 Å². The number of anilines is 1. The van der Waals surface area contributed by atoms with E-state index in [1.165, 1.54) is 0 Å². The Morgan fingerprint density at radius 1 is 1.39 bits per heavy atom. The molecule has 2 aliphatic rings. The van der Waals surface area contributed by atoms with Crippen LogP contribution in [0.15, 0.2) is 57.3 Å². The van der Waals surface area contributed by atoms with Crippen molar-refractivity contribution in [1.29, 1.82) is 5.26 Å². The number of thioether (sulfide) groups is 1. The zero-order valence-corrected chi connectivity index (χ0v) is 14.1. The van der Waals surface area contributed by atoms with Crippen LogP contribution in [0.5, 0.6) is 0 Å². The van der Waals surface area contributed by atoms with Gasteiger partial charge in [0.2, 0.25) is 0 Å². The average Bonchev–Trinajstić information content (AvgIpc) is 2.54. The minimum Gasteiger partial charge on any atom is -0.383 e. The second-order valence-corrected chi connectivity index (χ2v) is 6.70. The summed E-state index contributed by atoms with van der Waals surface area (Å²) in [4.78, 5) is 1.04. The monoisotopic (exact) mass is 326 g/mol. The van der Waals surface area contributed by atoms with Crippen molar-refractivity contribution >= 4 is 23.2 Å². The Labute approximate surface area is 140 Å². The number of hydrazone groups is 1. The van der Waals surface area contributed by atoms with Crippen LogP contribution in [0.25, 0.3) is 0 Å². The van der Waals surface area contributed by atoms with E-state index in [2.05, 4.69) is 11.2 Å². The van der Waals surface area contributed by atoms with Crippen molar-refractivity contribution in [3.63, 3.8) is 0 Å². The van der Waals surface area contributed by atoms with Gasteiger partial charge in [-0.15, -0.1) is 11.8 Å². The van der Waals surface area contributed by atoms with E-state index in [-0.39, 0.29) is 0 Å². The highest BCUT2D eigenvalue weighted by Gasteiger charge is 2.33. The Hall–Kier alpha value is -2.23. The van der Waals surface area contributed by atoms with Gasteiger partial charge in [0.05, 0.1) is 23.6 Å². The Morgan fingerprint density at radius 3 is 2.83 bits per heavy atom. The molecule has 0 aliphatic carbocycles. The smallest absolute Gasteiger partial charge is 0.144 e. The first kappa shape index (κ1) is 15.7. The van der Waals surface area contributed by atoms with Crippen molar-refractivity contribution in [2.75, 3.05) is 17.9 Å². The van der Waals surface area contributed by atoms with Crippen LogP contribution in [0.3, 0.4) is 0 Å². The number of fused-ring (bicyclic) bond motifs is 1. The lowest BCUT2D eigenvalue weighted by Gasteiger charge is -2.34. The molecule has 5 nitrogen and oxygen atoms in total. The van der Waals surface area contributed by atoms with E-state index >= 15 is 0 Å². The van der Waals surface area contributed by atoms with E-state index < -0.39 is 5.60 Å². The van der Waals surface area contributed by atoms with Gasteiger partial charge in [-0.05, 0) is 38.3 Å². The number of benzene rings is 1. The number of nitriles is 1. The molecule has 0 unspecified atom stereocenters. The number of nitrogens with zero attached hydrogens (tertiary/aromatic N) is 3. The van der Waals surface area contributed by atoms with Gasteiger partial charge < -0.3 is 10.5 Å². The number of nitrogens with two attached hydrogens (primary N) is 1. The van der Waals surface area contributed by atoms with E-state index in [0.29, 0.717) is 18.0 Å². The van der Waals surface area contributed by atoms with Crippen LogP contribution in [0, 0.1) is 11.3 Å². The fourth-order valence-corrected chi connectivity index (χ4v) is 3.21. The van der Waals surface area contributed by atoms with Gasteiger partial charge in [0.25, 0.3) is 0 Å². The van der Waals surface area contributed by atoms with Crippen molar-refractivity contribution in [3.05, 3.63) is 47.3 Å². The molecule has 0 aromatic heterocycles. The summed E-state index contributed by atoms with van der Waals surface area (Å²) in [6, 6.07) is 10.1. The Morgan fingerprint density at radius 2 is 2.13 bits per heavy atom. The molecule has 1 aromatic rings. The molecular formula is C17H18N4OS. The zero-order chi connectivity index (χ0) is 16.6. The maximum atomic E-state index is 9.61. The molecule has 3 rings (SSSR count). The number of hydrogen-bond donors (Lipinski definition) is 1. The molecule has 0 radical (unpaired) electrons. The number of para-hydroxylation sites is 1. The predicted octanol–water partition coefficient (Wildman–Crippen LogP) is 3.01. The first-order valence-corrected chi connectivity index (χ1v) is 8.47. The summed E-state index contributed by atoms with van der Waals surface area (Å²) >= 11 is 1.61. The molecule has 1 aromatic carbocycles. The highest BCUT2D eigenvalue weighted by atomic mass is 32.2. The van der Waals surface area contributed by atoms with Gasteiger partial charge in [0, 0.05) is 10.5 Å². The maximum absolute atomic E-state index is 9.61. The van der Waals surface area contributed by atoms with Gasteiger partial charge in [-0.3, -0.25) is 0 Å². The molecular weight excluding hydrogens is 308 g/mol. The topological polar surface area (TPSA) is 74.6 Å². The van der Waals surface area contributed by atoms with E-state index in [0.717, 1.165) is 21.9 Å². The highest BCUT2D eigenvalue weighted by Crippen LogP contribution is 2.36. The molecule has 0 atom stereocenters. The Balaban J connectivity index is 2.16. The fraction of sp³-hybridized carbons (Fsp3) is 0.294. The first-order valence-electron chi connectivity index (χ1n) is 7.25. The second kappa shape index (κ2) is 5.76. The minimum atomic E-state index is -0.434. The van der Waals surface area contributed by atoms with Crippen LogP contribution in [0.1, 0.15) is 13.8 Å². The second-order valence-electron chi connectivity index (χ2n) is 5.85. The van der Waals surface area contributed by atoms with Crippen LogP contribution in [-0.4, -0.2) is 24.2 Å². The zero-order valence-electron chi connectivity index (χ0n) is 13.3. The number of ether oxygens (including phenoxy) is 1. The van der Waals surface area contributed by atoms with Gasteiger partial charge in [0.1, 0.15) is 17.5 Å². The van der Waals surface area contributed by atoms with E-state index in [9.17, 15) is 5.26 Å². The summed E-state index contributed by atoms with van der Waals surface area (Å²) in [5.74, 6) is 0.349. The summed E-state index contributed by atoms with van der Waals surface area (Å²) in [7, 11) is 0. The van der Waals surface area contributed by atoms with Gasteiger partial charge in [0.15, 0.2) is 0 Å². The summed E-state index contributed by atoms with van der Waals surface area (Å²) in [6.07, 6.45) is 3.91. The quantitative estimate of drug-likeness (QED) is 0.846. The summed E-state index contributed by atoms with van der Waals surface area (Å²) in [5, 5.41) is 15.9. The lowest BCUT2D eigenvalue weighted by Crippen LogP contribution is -2.39. The van der Waals surface area contributed by atoms with Crippen LogP contribution in [0.2, 0.25) is 0 Å². The van der Waals surface area contributed by atoms with Crippen LogP contribution in [-0.2, 0) is 4.74 Å². The molecule has 0 amide bonds. The van der Waals surface area contributed by atoms with Gasteiger partial charge >= 0.3 is 0 Å². The molecule has 23 heavy (non-hydrogen) atoms. The third kappa shape index (κ3) is 2.74. The standard InChI is InChI=1S/C17H18N4OS/c1-17(2)8-11-12(9-18)16(19)21(20-13(11)10-22-17)14-6-4-5-7-15(14)23-3/h4-8H,10,19H2,1-3H3. The van der Waals surface area contributed by atoms with Gasteiger partial charge in [-0.1, -0.05) is 12.1 Å². The van der Waals surface area contributed by atoms with E-state index in [1.807, 2.05) is 50.4 Å². The van der Waals surface area contributed by atoms with Crippen LogP contribution >= 0.6 is 11.8 Å². The minimum absolute atomic E-state index is 0.349. The maximum Gasteiger partial charge on any atom is 0.144 e. The molecule has 0 saturated carbocycles. The number of rotatable bonds is 2. The SMILES string of the molecule is CSc1ccccc1N1N=C2COC(C)(C)C=C2C(C#N)=C1N. The molecule has 2 heterocycles. The van der Waals surface area contributed by atoms with Crippen molar-refractivity contribution in [2.45, 2.75) is 24.3 Å². The van der Waals surface area contributed by atoms with Crippen LogP contribution in [0.4, 0.5) is 5.69 Å². The molecule has 2 N–H and O–H groups in total. The lowest BCUT2D eigenvalue weighted by atomic mass is 9.92. The largest absolute Gasteiger partial charge is 0.383 e. The summed E-state index contributed by atoms with van der Waals surface area (Å²) in [6.45, 7) is 4.27. The third-order valence-electron chi connectivity index (χ3n) is 3.78. The van der Waals surface area contributed by atoms with E-state index in [1.54, 1.807) is 16.8 Å². The molecule has 6 heteroatoms. The first-order chi connectivity index (χ1) is 11.0. The number of hydrogen-bond acceptors (Lipinski definition) is 6. The number of allylic oxidation sites excluding steroid dienone is 1. The molecule has 0 spiro atoms.